The van der Waals surface area contributed by atoms with Crippen LogP contribution in [0.1, 0.15) is 12.8 Å². The molecule has 0 aliphatic rings. The summed E-state index contributed by atoms with van der Waals surface area (Å²) in [5, 5.41) is 3.21. The van der Waals surface area contributed by atoms with Gasteiger partial charge in [0.1, 0.15) is 0 Å². The molecule has 0 bridgehead atoms. The largest absolute Gasteiger partial charge is 0.330 e. The summed E-state index contributed by atoms with van der Waals surface area (Å²) in [5.74, 6) is 0. The van der Waals surface area contributed by atoms with Crippen molar-refractivity contribution in [2.75, 3.05) is 26.2 Å². The Morgan fingerprint density at radius 1 is 1.18 bits per heavy atom. The van der Waals surface area contributed by atoms with E-state index in [0.717, 1.165) is 32.5 Å². The molecule has 7 N–H and O–H groups in total. The van der Waals surface area contributed by atoms with Crippen LogP contribution < -0.4 is 22.5 Å². The highest BCUT2D eigenvalue weighted by Crippen LogP contribution is 1.81. The molecule has 0 aromatic heterocycles. The maximum atomic E-state index is 5.58. The molecule has 0 radical (unpaired) electrons. The minimum absolute atomic E-state index is 0.0906. The van der Waals surface area contributed by atoms with E-state index in [4.69, 9.17) is 17.2 Å². The van der Waals surface area contributed by atoms with Crippen molar-refractivity contribution in [2.45, 2.75) is 18.9 Å². The number of rotatable bonds is 7. The minimum atomic E-state index is 0.0906. The average molecular weight is 160 g/mol. The molecular weight excluding hydrogens is 140 g/mol. The smallest absolute Gasteiger partial charge is 0.0290 e. The van der Waals surface area contributed by atoms with Crippen LogP contribution in [0.5, 0.6) is 0 Å². The second-order valence-electron chi connectivity index (χ2n) is 2.70. The zero-order valence-corrected chi connectivity index (χ0v) is 7.05. The first kappa shape index (κ1) is 10.8. The van der Waals surface area contributed by atoms with E-state index in [1.807, 2.05) is 0 Å². The Balaban J connectivity index is 2.89. The summed E-state index contributed by atoms with van der Waals surface area (Å²) in [6.07, 6.45) is 2.19. The van der Waals surface area contributed by atoms with Crippen LogP contribution in [0.2, 0.25) is 0 Å². The van der Waals surface area contributed by atoms with Crippen LogP contribution >= 0.6 is 0 Å². The standard InChI is InChI=1S/C7H20N4/c8-3-1-2-4-11-6-7(10)5-9/h7,11H,1-6,8-10H2/t7-/m0/s1. The van der Waals surface area contributed by atoms with Gasteiger partial charge in [-0.05, 0) is 25.9 Å². The monoisotopic (exact) mass is 160 g/mol. The van der Waals surface area contributed by atoms with Crippen molar-refractivity contribution < 1.29 is 0 Å². The zero-order chi connectivity index (χ0) is 8.53. The molecule has 0 aliphatic heterocycles. The fraction of sp³-hybridized carbons (Fsp3) is 1.00. The van der Waals surface area contributed by atoms with E-state index in [9.17, 15) is 0 Å². The molecule has 11 heavy (non-hydrogen) atoms. The lowest BCUT2D eigenvalue weighted by molar-refractivity contribution is 0.562. The predicted octanol–water partition coefficient (Wildman–Crippen LogP) is -1.40. The Bertz CT molecular complexity index is 76.8. The van der Waals surface area contributed by atoms with Crippen LogP contribution in [0.15, 0.2) is 0 Å². The van der Waals surface area contributed by atoms with E-state index >= 15 is 0 Å². The van der Waals surface area contributed by atoms with Gasteiger partial charge in [0.25, 0.3) is 0 Å². The highest BCUT2D eigenvalue weighted by atomic mass is 14.9. The molecule has 68 valence electrons. The summed E-state index contributed by atoms with van der Waals surface area (Å²) in [5.41, 5.74) is 16.2. The molecule has 0 unspecified atom stereocenters. The average Bonchev–Trinajstić information content (AvgIpc) is 2.04. The molecule has 0 amide bonds. The second kappa shape index (κ2) is 7.94. The van der Waals surface area contributed by atoms with Gasteiger partial charge < -0.3 is 22.5 Å². The van der Waals surface area contributed by atoms with Crippen LogP contribution in [-0.4, -0.2) is 32.2 Å². The highest BCUT2D eigenvalue weighted by Gasteiger charge is 1.96. The summed E-state index contributed by atoms with van der Waals surface area (Å²) in [6.45, 7) is 3.11. The first-order valence-electron chi connectivity index (χ1n) is 4.17. The SMILES string of the molecule is NCCCCNC[C@@H](N)CN. The van der Waals surface area contributed by atoms with Gasteiger partial charge in [-0.1, -0.05) is 0 Å². The Morgan fingerprint density at radius 3 is 2.45 bits per heavy atom. The molecule has 0 saturated carbocycles. The Kier molecular flexibility index (Phi) is 7.83. The van der Waals surface area contributed by atoms with Crippen LogP contribution in [0.4, 0.5) is 0 Å². The second-order valence-corrected chi connectivity index (χ2v) is 2.70. The van der Waals surface area contributed by atoms with Gasteiger partial charge in [-0.2, -0.15) is 0 Å². The summed E-state index contributed by atoms with van der Waals surface area (Å²) in [7, 11) is 0. The Morgan fingerprint density at radius 2 is 1.91 bits per heavy atom. The van der Waals surface area contributed by atoms with E-state index in [1.54, 1.807) is 0 Å². The predicted molar refractivity (Wildman–Crippen MR) is 48.2 cm³/mol. The molecule has 0 rings (SSSR count). The summed E-state index contributed by atoms with van der Waals surface area (Å²) >= 11 is 0. The van der Waals surface area contributed by atoms with E-state index in [2.05, 4.69) is 5.32 Å². The molecule has 0 aromatic rings. The van der Waals surface area contributed by atoms with Crippen molar-refractivity contribution in [2.24, 2.45) is 17.2 Å². The van der Waals surface area contributed by atoms with Crippen LogP contribution in [0.25, 0.3) is 0 Å². The fourth-order valence-corrected chi connectivity index (χ4v) is 0.765. The molecule has 4 heteroatoms. The highest BCUT2D eigenvalue weighted by molar-refractivity contribution is 4.64. The molecule has 0 heterocycles. The van der Waals surface area contributed by atoms with E-state index < -0.39 is 0 Å². The molecule has 0 fully saturated rings. The molecule has 0 spiro atoms. The third-order valence-electron chi connectivity index (χ3n) is 1.52. The first-order valence-corrected chi connectivity index (χ1v) is 4.17. The first-order chi connectivity index (χ1) is 5.31. The number of unbranched alkanes of at least 4 members (excludes halogenated alkanes) is 1. The summed E-state index contributed by atoms with van der Waals surface area (Å²) in [4.78, 5) is 0. The Labute approximate surface area is 68.5 Å². The molecule has 1 atom stereocenters. The molecule has 4 nitrogen and oxygen atoms in total. The maximum Gasteiger partial charge on any atom is 0.0290 e. The van der Waals surface area contributed by atoms with Gasteiger partial charge in [-0.15, -0.1) is 0 Å². The third-order valence-corrected chi connectivity index (χ3v) is 1.52. The lowest BCUT2D eigenvalue weighted by Crippen LogP contribution is -2.39. The fourth-order valence-electron chi connectivity index (χ4n) is 0.765. The summed E-state index contributed by atoms with van der Waals surface area (Å²) in [6, 6.07) is 0.0906. The Hall–Kier alpha value is -0.160. The van der Waals surface area contributed by atoms with Crippen LogP contribution in [0, 0.1) is 0 Å². The van der Waals surface area contributed by atoms with Gasteiger partial charge >= 0.3 is 0 Å². The molecule has 0 aliphatic carbocycles. The van der Waals surface area contributed by atoms with Gasteiger partial charge in [0.2, 0.25) is 0 Å². The molecule has 0 saturated heterocycles. The number of nitrogens with one attached hydrogen (secondary N) is 1. The molecular formula is C7H20N4. The lowest BCUT2D eigenvalue weighted by atomic mass is 10.3. The maximum absolute atomic E-state index is 5.58. The quantitative estimate of drug-likeness (QED) is 0.345. The van der Waals surface area contributed by atoms with E-state index in [1.165, 1.54) is 0 Å². The zero-order valence-electron chi connectivity index (χ0n) is 7.05. The van der Waals surface area contributed by atoms with Crippen molar-refractivity contribution in [1.29, 1.82) is 0 Å². The third kappa shape index (κ3) is 7.74. The van der Waals surface area contributed by atoms with Crippen molar-refractivity contribution in [3.05, 3.63) is 0 Å². The van der Waals surface area contributed by atoms with Gasteiger partial charge in [-0.3, -0.25) is 0 Å². The van der Waals surface area contributed by atoms with Crippen molar-refractivity contribution in [3.63, 3.8) is 0 Å². The number of nitrogens with two attached hydrogens (primary N) is 3. The van der Waals surface area contributed by atoms with E-state index in [0.29, 0.717) is 6.54 Å². The van der Waals surface area contributed by atoms with Crippen molar-refractivity contribution >= 4 is 0 Å². The van der Waals surface area contributed by atoms with Gasteiger partial charge in [0.15, 0.2) is 0 Å². The van der Waals surface area contributed by atoms with Gasteiger partial charge in [-0.25, -0.2) is 0 Å². The van der Waals surface area contributed by atoms with Crippen LogP contribution in [-0.2, 0) is 0 Å². The normalized spacial score (nSPS) is 13.4. The number of hydrogen-bond donors (Lipinski definition) is 4. The topological polar surface area (TPSA) is 90.1 Å². The van der Waals surface area contributed by atoms with Gasteiger partial charge in [0, 0.05) is 19.1 Å². The molecule has 0 aromatic carbocycles. The minimum Gasteiger partial charge on any atom is -0.330 e. The number of hydrogen-bond acceptors (Lipinski definition) is 4. The van der Waals surface area contributed by atoms with Crippen LogP contribution in [0.3, 0.4) is 0 Å². The van der Waals surface area contributed by atoms with E-state index in [-0.39, 0.29) is 6.04 Å². The van der Waals surface area contributed by atoms with Gasteiger partial charge in [0.05, 0.1) is 0 Å². The van der Waals surface area contributed by atoms with Crippen molar-refractivity contribution in [1.82, 2.24) is 5.32 Å². The summed E-state index contributed by atoms with van der Waals surface area (Å²) < 4.78 is 0. The van der Waals surface area contributed by atoms with Crippen molar-refractivity contribution in [3.8, 4) is 0 Å². The lowest BCUT2D eigenvalue weighted by Gasteiger charge is -2.09.